The number of nitrogens with one attached hydrogen (secondary N) is 2. The Morgan fingerprint density at radius 2 is 1.81 bits per heavy atom. The maximum absolute atomic E-state index is 12.9. The summed E-state index contributed by atoms with van der Waals surface area (Å²) in [5, 5.41) is 6.90. The van der Waals surface area contributed by atoms with Crippen molar-refractivity contribution in [3.05, 3.63) is 35.7 Å². The van der Waals surface area contributed by atoms with Gasteiger partial charge >= 0.3 is 0 Å². The zero-order valence-corrected chi connectivity index (χ0v) is 20.6. The summed E-state index contributed by atoms with van der Waals surface area (Å²) in [7, 11) is 3.94. The van der Waals surface area contributed by atoms with Crippen molar-refractivity contribution < 1.29 is 9.35 Å². The Morgan fingerprint density at radius 1 is 1.16 bits per heavy atom. The van der Waals surface area contributed by atoms with E-state index < -0.39 is 15.9 Å². The van der Waals surface area contributed by atoms with Crippen molar-refractivity contribution in [2.24, 2.45) is 0 Å². The minimum Gasteiger partial charge on any atom is -0.610 e. The molecule has 0 radical (unpaired) electrons. The molecule has 9 heteroatoms. The van der Waals surface area contributed by atoms with Crippen LogP contribution in [-0.2, 0) is 11.2 Å². The third-order valence-electron chi connectivity index (χ3n) is 5.51. The third-order valence-corrected chi connectivity index (χ3v) is 7.30. The van der Waals surface area contributed by atoms with Gasteiger partial charge in [-0.25, -0.2) is 9.97 Å². The maximum atomic E-state index is 12.9. The molecule has 2 heterocycles. The van der Waals surface area contributed by atoms with Gasteiger partial charge in [0.1, 0.15) is 16.1 Å². The van der Waals surface area contributed by atoms with E-state index in [9.17, 15) is 9.35 Å². The number of hydrogen-bond acceptors (Lipinski definition) is 7. The van der Waals surface area contributed by atoms with Gasteiger partial charge in [0, 0.05) is 55.3 Å². The van der Waals surface area contributed by atoms with Gasteiger partial charge in [-0.2, -0.15) is 4.98 Å². The van der Waals surface area contributed by atoms with Crippen LogP contribution in [0.2, 0.25) is 0 Å². The number of carbonyl (C=O) groups is 1. The summed E-state index contributed by atoms with van der Waals surface area (Å²) in [5.74, 6) is 1.33. The van der Waals surface area contributed by atoms with Gasteiger partial charge in [0.2, 0.25) is 5.95 Å². The van der Waals surface area contributed by atoms with Gasteiger partial charge in [-0.15, -0.1) is 0 Å². The fourth-order valence-electron chi connectivity index (χ4n) is 3.78. The summed E-state index contributed by atoms with van der Waals surface area (Å²) in [6.07, 6.45) is 6.95. The number of hydrogen-bond donors (Lipinski definition) is 2. The Bertz CT molecular complexity index is 938. The van der Waals surface area contributed by atoms with Crippen LogP contribution in [0.3, 0.4) is 0 Å². The molecule has 0 spiro atoms. The highest BCUT2D eigenvalue weighted by Gasteiger charge is 2.34. The molecule has 0 aliphatic heterocycles. The van der Waals surface area contributed by atoms with Crippen molar-refractivity contribution in [2.75, 3.05) is 24.3 Å². The zero-order valence-electron chi connectivity index (χ0n) is 19.8. The van der Waals surface area contributed by atoms with Gasteiger partial charge < -0.3 is 20.1 Å². The standard InChI is InChI=1S/C23H34N6O2S/c1-15-14-25-22(28-19(15)29(5)6)27-17-11-9-16(10-12-17)26-20(30)18-8-7-13-24-21(18)32(31)23(2,3)4/h7-8,13-14,16-17H,9-12H2,1-6H3,(H,26,30)(H,25,27,28). The van der Waals surface area contributed by atoms with Gasteiger partial charge in [-0.1, -0.05) is 0 Å². The monoisotopic (exact) mass is 458 g/mol. The van der Waals surface area contributed by atoms with Crippen LogP contribution in [0, 0.1) is 6.92 Å². The van der Waals surface area contributed by atoms with E-state index in [1.54, 1.807) is 18.3 Å². The lowest BCUT2D eigenvalue weighted by Crippen LogP contribution is -2.41. The zero-order chi connectivity index (χ0) is 23.5. The molecule has 1 aliphatic rings. The number of rotatable bonds is 6. The predicted molar refractivity (Wildman–Crippen MR) is 129 cm³/mol. The van der Waals surface area contributed by atoms with E-state index in [1.807, 2.05) is 52.9 Å². The molecule has 32 heavy (non-hydrogen) atoms. The normalized spacial score (nSPS) is 19.8. The molecule has 0 bridgehead atoms. The molecule has 1 saturated carbocycles. The van der Waals surface area contributed by atoms with E-state index in [0.29, 0.717) is 16.5 Å². The number of nitrogens with zero attached hydrogens (tertiary/aromatic N) is 4. The molecule has 1 atom stereocenters. The van der Waals surface area contributed by atoms with Crippen molar-refractivity contribution in [3.8, 4) is 0 Å². The summed E-state index contributed by atoms with van der Waals surface area (Å²) in [5.41, 5.74) is 1.43. The van der Waals surface area contributed by atoms with Crippen LogP contribution in [-0.4, -0.2) is 56.3 Å². The number of anilines is 2. The Hall–Kier alpha value is -2.39. The number of carbonyl (C=O) groups excluding carboxylic acids is 1. The molecule has 0 aromatic carbocycles. The Balaban J connectivity index is 1.58. The van der Waals surface area contributed by atoms with Crippen LogP contribution in [0.5, 0.6) is 0 Å². The molecule has 2 aromatic rings. The predicted octanol–water partition coefficient (Wildman–Crippen LogP) is 3.31. The molecule has 174 valence electrons. The van der Waals surface area contributed by atoms with Gasteiger partial charge in [0.05, 0.1) is 0 Å². The van der Waals surface area contributed by atoms with Crippen LogP contribution in [0.15, 0.2) is 29.6 Å². The smallest absolute Gasteiger partial charge is 0.258 e. The average Bonchev–Trinajstić information content (AvgIpc) is 2.75. The fraction of sp³-hybridized carbons (Fsp3) is 0.565. The molecule has 2 N–H and O–H groups in total. The largest absolute Gasteiger partial charge is 0.610 e. The Morgan fingerprint density at radius 3 is 2.44 bits per heavy atom. The minimum atomic E-state index is -1.37. The molecule has 3 rings (SSSR count). The van der Waals surface area contributed by atoms with Gasteiger partial charge in [0.15, 0.2) is 0 Å². The van der Waals surface area contributed by atoms with Gasteiger partial charge in [-0.05, 0) is 65.5 Å². The van der Waals surface area contributed by atoms with E-state index in [0.717, 1.165) is 37.1 Å². The molecule has 8 nitrogen and oxygen atoms in total. The van der Waals surface area contributed by atoms with Crippen molar-refractivity contribution in [1.82, 2.24) is 20.3 Å². The summed E-state index contributed by atoms with van der Waals surface area (Å²) in [4.78, 5) is 28.2. The van der Waals surface area contributed by atoms with Crippen LogP contribution < -0.4 is 15.5 Å². The van der Waals surface area contributed by atoms with E-state index >= 15 is 0 Å². The van der Waals surface area contributed by atoms with Crippen molar-refractivity contribution in [2.45, 2.75) is 75.2 Å². The Labute approximate surface area is 193 Å². The maximum Gasteiger partial charge on any atom is 0.258 e. The van der Waals surface area contributed by atoms with Crippen LogP contribution in [0.25, 0.3) is 0 Å². The summed E-state index contributed by atoms with van der Waals surface area (Å²) in [6, 6.07) is 3.75. The molecule has 1 amide bonds. The summed E-state index contributed by atoms with van der Waals surface area (Å²) < 4.78 is 12.3. The lowest BCUT2D eigenvalue weighted by atomic mass is 9.91. The van der Waals surface area contributed by atoms with Crippen molar-refractivity contribution in [1.29, 1.82) is 0 Å². The summed E-state index contributed by atoms with van der Waals surface area (Å²) >= 11 is -1.37. The second kappa shape index (κ2) is 10.0. The van der Waals surface area contributed by atoms with Crippen molar-refractivity contribution in [3.63, 3.8) is 0 Å². The van der Waals surface area contributed by atoms with E-state index in [4.69, 9.17) is 0 Å². The lowest BCUT2D eigenvalue weighted by molar-refractivity contribution is 0.0922. The molecule has 1 aliphatic carbocycles. The number of aryl methyl sites for hydroxylation is 1. The van der Waals surface area contributed by atoms with E-state index in [2.05, 4.69) is 25.6 Å². The molecule has 2 aromatic heterocycles. The second-order valence-corrected chi connectivity index (χ2v) is 11.6. The number of aromatic nitrogens is 3. The quantitative estimate of drug-likeness (QED) is 0.640. The highest BCUT2D eigenvalue weighted by atomic mass is 32.2. The molecular weight excluding hydrogens is 424 g/mol. The molecule has 1 fully saturated rings. The topological polar surface area (TPSA) is 106 Å². The first-order chi connectivity index (χ1) is 15.1. The molecule has 1 unspecified atom stereocenters. The third kappa shape index (κ3) is 5.89. The number of amides is 1. The van der Waals surface area contributed by atoms with E-state index in [-0.39, 0.29) is 18.0 Å². The Kier molecular flexibility index (Phi) is 7.61. The highest BCUT2D eigenvalue weighted by Crippen LogP contribution is 2.27. The first-order valence-electron chi connectivity index (χ1n) is 11.0. The van der Waals surface area contributed by atoms with Crippen molar-refractivity contribution >= 4 is 28.8 Å². The van der Waals surface area contributed by atoms with Gasteiger partial charge in [0.25, 0.3) is 10.9 Å². The van der Waals surface area contributed by atoms with Crippen LogP contribution >= 0.6 is 0 Å². The van der Waals surface area contributed by atoms with Crippen LogP contribution in [0.1, 0.15) is 62.4 Å². The average molecular weight is 459 g/mol. The fourth-order valence-corrected chi connectivity index (χ4v) is 4.88. The SMILES string of the molecule is Cc1cnc(NC2CCC(NC(=O)c3cccnc3[S+]([O-])C(C)(C)C)CC2)nc1N(C)C. The van der Waals surface area contributed by atoms with E-state index in [1.165, 1.54) is 0 Å². The highest BCUT2D eigenvalue weighted by molar-refractivity contribution is 7.92. The number of pyridine rings is 1. The lowest BCUT2D eigenvalue weighted by Gasteiger charge is -2.30. The first kappa shape index (κ1) is 24.3. The van der Waals surface area contributed by atoms with Crippen LogP contribution in [0.4, 0.5) is 11.8 Å². The molecular formula is C23H34N6O2S. The molecule has 0 saturated heterocycles. The second-order valence-electron chi connectivity index (χ2n) is 9.50. The summed E-state index contributed by atoms with van der Waals surface area (Å²) in [6.45, 7) is 7.64. The first-order valence-corrected chi connectivity index (χ1v) is 12.2. The minimum absolute atomic E-state index is 0.0768. The van der Waals surface area contributed by atoms with Gasteiger partial charge in [-0.3, -0.25) is 4.79 Å².